The van der Waals surface area contributed by atoms with E-state index in [1.54, 1.807) is 34.8 Å². The zero-order valence-electron chi connectivity index (χ0n) is 10.6. The number of rotatable bonds is 5. The Morgan fingerprint density at radius 2 is 2.26 bits per heavy atom. The number of hydrogen-bond acceptors (Lipinski definition) is 4. The van der Waals surface area contributed by atoms with Crippen LogP contribution in [0.4, 0.5) is 0 Å². The van der Waals surface area contributed by atoms with Crippen LogP contribution in [0.15, 0.2) is 35.4 Å². The van der Waals surface area contributed by atoms with Gasteiger partial charge in [0.05, 0.1) is 0 Å². The van der Waals surface area contributed by atoms with E-state index in [-0.39, 0.29) is 6.61 Å². The first-order valence-electron chi connectivity index (χ1n) is 5.60. The molecule has 0 fully saturated rings. The Morgan fingerprint density at radius 3 is 2.84 bits per heavy atom. The summed E-state index contributed by atoms with van der Waals surface area (Å²) >= 11 is 7.15. The highest BCUT2D eigenvalue weighted by atomic mass is 35.5. The summed E-state index contributed by atoms with van der Waals surface area (Å²) in [6.07, 6.45) is 3.74. The van der Waals surface area contributed by atoms with Gasteiger partial charge in [-0.2, -0.15) is 0 Å². The van der Waals surface area contributed by atoms with Crippen molar-refractivity contribution in [1.82, 2.24) is 9.78 Å². The summed E-state index contributed by atoms with van der Waals surface area (Å²) in [5.74, 6) is 0.520. The zero-order chi connectivity index (χ0) is 13.8. The van der Waals surface area contributed by atoms with Crippen LogP contribution in [-0.2, 0) is 13.7 Å². The molecule has 6 heteroatoms. The van der Waals surface area contributed by atoms with Crippen LogP contribution in [0.1, 0.15) is 15.9 Å². The Hall–Kier alpha value is -1.46. The average Bonchev–Trinajstić information content (AvgIpc) is 2.81. The van der Waals surface area contributed by atoms with Crippen LogP contribution < -0.4 is 4.74 Å². The number of nitrogens with zero attached hydrogens (tertiary/aromatic N) is 2. The van der Waals surface area contributed by atoms with E-state index in [1.807, 2.05) is 25.4 Å². The minimum absolute atomic E-state index is 0.266. The molecule has 4 nitrogen and oxygen atoms in total. The predicted molar refractivity (Wildman–Crippen MR) is 75.9 cm³/mol. The van der Waals surface area contributed by atoms with E-state index in [2.05, 4.69) is 5.10 Å². The van der Waals surface area contributed by atoms with Gasteiger partial charge in [0.15, 0.2) is 0 Å². The number of ether oxygens (including phenoxy) is 1. The number of hydrogen-bond donors (Lipinski definition) is 0. The molecule has 0 amide bonds. The van der Waals surface area contributed by atoms with Gasteiger partial charge in [-0.05, 0) is 30.0 Å². The van der Waals surface area contributed by atoms with Gasteiger partial charge in [-0.25, -0.2) is 0 Å². The first-order valence-corrected chi connectivity index (χ1v) is 7.20. The predicted octanol–water partition coefficient (Wildman–Crippen LogP) is 3.10. The molecule has 0 bridgehead atoms. The molecule has 2 aromatic rings. The van der Waals surface area contributed by atoms with E-state index in [0.717, 1.165) is 10.5 Å². The first-order chi connectivity index (χ1) is 9.11. The fourth-order valence-electron chi connectivity index (χ4n) is 1.71. The van der Waals surface area contributed by atoms with Crippen molar-refractivity contribution < 1.29 is 9.53 Å². The second-order valence-electron chi connectivity index (χ2n) is 3.88. The minimum atomic E-state index is -0.476. The molecule has 0 saturated carbocycles. The molecule has 0 aliphatic heterocycles. The number of aromatic nitrogens is 2. The lowest BCUT2D eigenvalue weighted by Crippen LogP contribution is -2.05. The molecule has 2 rings (SSSR count). The highest BCUT2D eigenvalue weighted by Crippen LogP contribution is 2.26. The summed E-state index contributed by atoms with van der Waals surface area (Å²) in [6.45, 7) is 0.266. The van der Waals surface area contributed by atoms with Crippen LogP contribution in [0.2, 0.25) is 0 Å². The van der Waals surface area contributed by atoms with Crippen LogP contribution in [-0.4, -0.2) is 21.3 Å². The SMILES string of the molecule is CSc1cccc(C(=O)Cl)c1COc1ccn(C)n1. The minimum Gasteiger partial charge on any atom is -0.472 e. The van der Waals surface area contributed by atoms with Crippen molar-refractivity contribution in [2.75, 3.05) is 6.26 Å². The molecule has 0 spiro atoms. The maximum absolute atomic E-state index is 11.4. The van der Waals surface area contributed by atoms with Crippen LogP contribution >= 0.6 is 23.4 Å². The zero-order valence-corrected chi connectivity index (χ0v) is 12.2. The van der Waals surface area contributed by atoms with E-state index >= 15 is 0 Å². The molecule has 0 N–H and O–H groups in total. The van der Waals surface area contributed by atoms with Crippen molar-refractivity contribution >= 4 is 28.6 Å². The third-order valence-electron chi connectivity index (χ3n) is 2.62. The van der Waals surface area contributed by atoms with Crippen molar-refractivity contribution in [3.05, 3.63) is 41.6 Å². The summed E-state index contributed by atoms with van der Waals surface area (Å²) < 4.78 is 7.25. The third-order valence-corrected chi connectivity index (χ3v) is 3.64. The van der Waals surface area contributed by atoms with Gasteiger partial charge in [-0.15, -0.1) is 16.9 Å². The van der Waals surface area contributed by atoms with Gasteiger partial charge >= 0.3 is 0 Å². The monoisotopic (exact) mass is 296 g/mol. The van der Waals surface area contributed by atoms with Crippen LogP contribution in [0, 0.1) is 0 Å². The molecule has 1 aromatic heterocycles. The van der Waals surface area contributed by atoms with Crippen LogP contribution in [0.5, 0.6) is 5.88 Å². The van der Waals surface area contributed by atoms with Gasteiger partial charge in [-0.1, -0.05) is 6.07 Å². The highest BCUT2D eigenvalue weighted by Gasteiger charge is 2.13. The lowest BCUT2D eigenvalue weighted by atomic mass is 10.1. The van der Waals surface area contributed by atoms with Gasteiger partial charge in [0.1, 0.15) is 6.61 Å². The van der Waals surface area contributed by atoms with E-state index < -0.39 is 5.24 Å². The number of carbonyl (C=O) groups excluding carboxylic acids is 1. The Kier molecular flexibility index (Phi) is 4.50. The van der Waals surface area contributed by atoms with Crippen LogP contribution in [0.3, 0.4) is 0 Å². The van der Waals surface area contributed by atoms with Crippen LogP contribution in [0.25, 0.3) is 0 Å². The molecule has 0 radical (unpaired) electrons. The summed E-state index contributed by atoms with van der Waals surface area (Å²) in [7, 11) is 1.82. The fourth-order valence-corrected chi connectivity index (χ4v) is 2.51. The van der Waals surface area contributed by atoms with Gasteiger partial charge in [0.2, 0.25) is 5.88 Å². The molecule has 0 unspecified atom stereocenters. The highest BCUT2D eigenvalue weighted by molar-refractivity contribution is 7.98. The van der Waals surface area contributed by atoms with E-state index in [1.165, 1.54) is 0 Å². The van der Waals surface area contributed by atoms with Gasteiger partial charge in [-0.3, -0.25) is 9.48 Å². The molecular formula is C13H13ClN2O2S. The number of benzene rings is 1. The molecule has 0 aliphatic carbocycles. The van der Waals surface area contributed by atoms with E-state index in [0.29, 0.717) is 11.4 Å². The van der Waals surface area contributed by atoms with Crippen molar-refractivity contribution in [3.63, 3.8) is 0 Å². The smallest absolute Gasteiger partial charge is 0.252 e. The lowest BCUT2D eigenvalue weighted by Gasteiger charge is -2.11. The molecule has 100 valence electrons. The standard InChI is InChI=1S/C13H13ClN2O2S/c1-16-7-6-12(15-16)18-8-10-9(13(14)17)4-3-5-11(10)19-2/h3-7H,8H2,1-2H3. The second kappa shape index (κ2) is 6.12. The van der Waals surface area contributed by atoms with Crippen molar-refractivity contribution in [1.29, 1.82) is 0 Å². The quantitative estimate of drug-likeness (QED) is 0.628. The number of halogens is 1. The summed E-state index contributed by atoms with van der Waals surface area (Å²) in [5.41, 5.74) is 1.27. The van der Waals surface area contributed by atoms with E-state index in [4.69, 9.17) is 16.3 Å². The Bertz CT molecular complexity index is 598. The summed E-state index contributed by atoms with van der Waals surface area (Å²) in [4.78, 5) is 12.4. The second-order valence-corrected chi connectivity index (χ2v) is 5.07. The first kappa shape index (κ1) is 14.0. The largest absolute Gasteiger partial charge is 0.472 e. The Morgan fingerprint density at radius 1 is 1.47 bits per heavy atom. The molecule has 1 heterocycles. The molecular weight excluding hydrogens is 284 g/mol. The summed E-state index contributed by atoms with van der Waals surface area (Å²) in [5, 5.41) is 3.65. The topological polar surface area (TPSA) is 44.1 Å². The van der Waals surface area contributed by atoms with Gasteiger partial charge in [0, 0.05) is 35.3 Å². The fraction of sp³-hybridized carbons (Fsp3) is 0.231. The van der Waals surface area contributed by atoms with Crippen molar-refractivity contribution in [3.8, 4) is 5.88 Å². The van der Waals surface area contributed by atoms with Gasteiger partial charge in [0.25, 0.3) is 5.24 Å². The molecule has 0 atom stereocenters. The van der Waals surface area contributed by atoms with Crippen molar-refractivity contribution in [2.24, 2.45) is 7.05 Å². The number of carbonyl (C=O) groups is 1. The van der Waals surface area contributed by atoms with Crippen molar-refractivity contribution in [2.45, 2.75) is 11.5 Å². The maximum atomic E-state index is 11.4. The maximum Gasteiger partial charge on any atom is 0.252 e. The third kappa shape index (κ3) is 3.30. The normalized spacial score (nSPS) is 10.5. The lowest BCUT2D eigenvalue weighted by molar-refractivity contribution is 0.107. The molecule has 0 aliphatic rings. The molecule has 0 saturated heterocycles. The molecule has 19 heavy (non-hydrogen) atoms. The average molecular weight is 297 g/mol. The Labute approximate surface area is 120 Å². The van der Waals surface area contributed by atoms with E-state index in [9.17, 15) is 4.79 Å². The van der Waals surface area contributed by atoms with Gasteiger partial charge < -0.3 is 4.74 Å². The number of aryl methyl sites for hydroxylation is 1. The number of thioether (sulfide) groups is 1. The Balaban J connectivity index is 2.25. The summed E-state index contributed by atoms with van der Waals surface area (Å²) in [6, 6.07) is 7.22. The molecule has 1 aromatic carbocycles.